The summed E-state index contributed by atoms with van der Waals surface area (Å²) < 4.78 is 0. The molecule has 1 unspecified atom stereocenters. The summed E-state index contributed by atoms with van der Waals surface area (Å²) >= 11 is 0. The quantitative estimate of drug-likeness (QED) is 0.842. The van der Waals surface area contributed by atoms with Gasteiger partial charge >= 0.3 is 0 Å². The summed E-state index contributed by atoms with van der Waals surface area (Å²) in [6, 6.07) is 17.6. The highest BCUT2D eigenvalue weighted by Gasteiger charge is 2.26. The molecule has 0 bridgehead atoms. The number of benzene rings is 2. The lowest BCUT2D eigenvalue weighted by molar-refractivity contribution is 0.557. The molecule has 2 aromatic rings. The Bertz CT molecular complexity index is 620. The molecule has 20 heavy (non-hydrogen) atoms. The fourth-order valence-electron chi connectivity index (χ4n) is 3.54. The summed E-state index contributed by atoms with van der Waals surface area (Å²) in [5.74, 6) is 0. The summed E-state index contributed by atoms with van der Waals surface area (Å²) in [7, 11) is 0. The summed E-state index contributed by atoms with van der Waals surface area (Å²) in [6.45, 7) is 1.16. The van der Waals surface area contributed by atoms with Crippen LogP contribution in [0.15, 0.2) is 48.5 Å². The molecule has 0 aromatic heterocycles. The van der Waals surface area contributed by atoms with Gasteiger partial charge in [-0.1, -0.05) is 36.4 Å². The van der Waals surface area contributed by atoms with Crippen LogP contribution in [-0.2, 0) is 12.8 Å². The molecule has 102 valence electrons. The summed E-state index contributed by atoms with van der Waals surface area (Å²) in [5.41, 5.74) is 5.69. The van der Waals surface area contributed by atoms with Crippen molar-refractivity contribution < 1.29 is 0 Å². The molecular formula is C18H20N2. The highest BCUT2D eigenvalue weighted by atomic mass is 15.3. The van der Waals surface area contributed by atoms with E-state index in [1.165, 1.54) is 48.2 Å². The van der Waals surface area contributed by atoms with Crippen LogP contribution in [0.25, 0.3) is 0 Å². The van der Waals surface area contributed by atoms with E-state index in [-0.39, 0.29) is 0 Å². The van der Waals surface area contributed by atoms with Crippen molar-refractivity contribution in [1.29, 1.82) is 0 Å². The van der Waals surface area contributed by atoms with Crippen LogP contribution in [0.3, 0.4) is 0 Å². The number of hydrogen-bond acceptors (Lipinski definition) is 2. The maximum absolute atomic E-state index is 3.73. The number of nitrogens with one attached hydrogen (secondary N) is 1. The van der Waals surface area contributed by atoms with Crippen LogP contribution in [0.2, 0.25) is 0 Å². The lowest BCUT2D eigenvalue weighted by Gasteiger charge is -2.41. The summed E-state index contributed by atoms with van der Waals surface area (Å²) in [5, 5.41) is 3.73. The average molecular weight is 264 g/mol. The molecule has 2 nitrogen and oxygen atoms in total. The molecule has 1 atom stereocenters. The number of fused-ring (bicyclic) bond motifs is 2. The van der Waals surface area contributed by atoms with Crippen molar-refractivity contribution in [2.24, 2.45) is 0 Å². The van der Waals surface area contributed by atoms with Crippen molar-refractivity contribution in [2.75, 3.05) is 16.8 Å². The van der Waals surface area contributed by atoms with E-state index in [0.29, 0.717) is 6.17 Å². The second-order valence-electron chi connectivity index (χ2n) is 5.78. The maximum Gasteiger partial charge on any atom is 0.0993 e. The summed E-state index contributed by atoms with van der Waals surface area (Å²) in [4.78, 5) is 2.56. The zero-order valence-corrected chi connectivity index (χ0v) is 11.7. The van der Waals surface area contributed by atoms with Crippen LogP contribution in [0, 0.1) is 0 Å². The van der Waals surface area contributed by atoms with Crippen molar-refractivity contribution >= 4 is 11.4 Å². The maximum atomic E-state index is 3.73. The normalized spacial score (nSPS) is 20.8. The van der Waals surface area contributed by atoms with E-state index in [2.05, 4.69) is 58.7 Å². The number of rotatable bonds is 1. The fraction of sp³-hybridized carbons (Fsp3) is 0.333. The lowest BCUT2D eigenvalue weighted by atomic mass is 9.97. The Morgan fingerprint density at radius 2 is 1.70 bits per heavy atom. The average Bonchev–Trinajstić information content (AvgIpc) is 2.54. The van der Waals surface area contributed by atoms with Gasteiger partial charge in [0.15, 0.2) is 0 Å². The number of nitrogens with zero attached hydrogens (tertiary/aromatic N) is 1. The third-order valence-corrected chi connectivity index (χ3v) is 4.55. The van der Waals surface area contributed by atoms with Gasteiger partial charge in [-0.2, -0.15) is 0 Å². The predicted molar refractivity (Wildman–Crippen MR) is 84.3 cm³/mol. The Morgan fingerprint density at radius 3 is 2.65 bits per heavy atom. The standard InChI is InChI=1S/C18H20N2/c1-3-9-16-14(6-1)11-12-18(19-16)20-13-5-8-15-7-2-4-10-17(15)20/h1-4,6-7,9-10,18-19H,5,8,11-13H2. The minimum atomic E-state index is 0.436. The first kappa shape index (κ1) is 11.8. The smallest absolute Gasteiger partial charge is 0.0993 e. The van der Waals surface area contributed by atoms with Crippen LogP contribution in [0.1, 0.15) is 24.0 Å². The van der Waals surface area contributed by atoms with Gasteiger partial charge in [-0.25, -0.2) is 0 Å². The molecule has 1 N–H and O–H groups in total. The lowest BCUT2D eigenvalue weighted by Crippen LogP contribution is -2.45. The minimum absolute atomic E-state index is 0.436. The van der Waals surface area contributed by atoms with E-state index in [9.17, 15) is 0 Å². The van der Waals surface area contributed by atoms with Crippen LogP contribution < -0.4 is 10.2 Å². The van der Waals surface area contributed by atoms with Crippen molar-refractivity contribution in [3.05, 3.63) is 59.7 Å². The molecule has 2 heteroatoms. The first-order valence-corrected chi connectivity index (χ1v) is 7.61. The minimum Gasteiger partial charge on any atom is -0.365 e. The molecule has 2 aromatic carbocycles. The Morgan fingerprint density at radius 1 is 0.900 bits per heavy atom. The van der Waals surface area contributed by atoms with Crippen LogP contribution in [0.4, 0.5) is 11.4 Å². The van der Waals surface area contributed by atoms with Crippen LogP contribution >= 0.6 is 0 Å². The molecule has 0 spiro atoms. The van der Waals surface area contributed by atoms with Gasteiger partial charge in [0.05, 0.1) is 6.17 Å². The Labute approximate surface area is 120 Å². The van der Waals surface area contributed by atoms with Gasteiger partial charge in [0.2, 0.25) is 0 Å². The van der Waals surface area contributed by atoms with Gasteiger partial charge < -0.3 is 10.2 Å². The number of hydrogen-bond donors (Lipinski definition) is 1. The third-order valence-electron chi connectivity index (χ3n) is 4.55. The zero-order chi connectivity index (χ0) is 13.4. The number of aryl methyl sites for hydroxylation is 2. The molecule has 4 rings (SSSR count). The van der Waals surface area contributed by atoms with E-state index in [1.807, 2.05) is 0 Å². The fourth-order valence-corrected chi connectivity index (χ4v) is 3.54. The second kappa shape index (κ2) is 4.86. The molecule has 0 amide bonds. The highest BCUT2D eigenvalue weighted by molar-refractivity contribution is 5.60. The molecule has 0 fully saturated rings. The molecule has 0 saturated heterocycles. The van der Waals surface area contributed by atoms with Gasteiger partial charge in [0.1, 0.15) is 0 Å². The largest absolute Gasteiger partial charge is 0.365 e. The van der Waals surface area contributed by atoms with Gasteiger partial charge in [-0.05, 0) is 48.9 Å². The van der Waals surface area contributed by atoms with Crippen molar-refractivity contribution in [3.63, 3.8) is 0 Å². The van der Waals surface area contributed by atoms with Gasteiger partial charge in [0.25, 0.3) is 0 Å². The molecule has 2 aliphatic heterocycles. The van der Waals surface area contributed by atoms with E-state index in [0.717, 1.165) is 6.54 Å². The van der Waals surface area contributed by atoms with E-state index in [4.69, 9.17) is 0 Å². The summed E-state index contributed by atoms with van der Waals surface area (Å²) in [6.07, 6.45) is 5.27. The van der Waals surface area contributed by atoms with Crippen LogP contribution in [0.5, 0.6) is 0 Å². The Balaban J connectivity index is 1.64. The zero-order valence-electron chi connectivity index (χ0n) is 11.7. The van der Waals surface area contributed by atoms with E-state index < -0.39 is 0 Å². The van der Waals surface area contributed by atoms with E-state index in [1.54, 1.807) is 0 Å². The first-order valence-electron chi connectivity index (χ1n) is 7.61. The van der Waals surface area contributed by atoms with E-state index >= 15 is 0 Å². The number of anilines is 2. The van der Waals surface area contributed by atoms with Gasteiger partial charge in [-0.3, -0.25) is 0 Å². The topological polar surface area (TPSA) is 15.3 Å². The SMILES string of the molecule is c1ccc2c(c1)CCC(N1CCCc3ccccc31)N2. The molecule has 0 aliphatic carbocycles. The second-order valence-corrected chi connectivity index (χ2v) is 5.78. The van der Waals surface area contributed by atoms with Gasteiger partial charge in [-0.15, -0.1) is 0 Å². The first-order chi connectivity index (χ1) is 9.92. The van der Waals surface area contributed by atoms with Crippen LogP contribution in [-0.4, -0.2) is 12.7 Å². The highest BCUT2D eigenvalue weighted by Crippen LogP contribution is 2.33. The van der Waals surface area contributed by atoms with Crippen molar-refractivity contribution in [1.82, 2.24) is 0 Å². The molecular weight excluding hydrogens is 244 g/mol. The number of para-hydroxylation sites is 2. The predicted octanol–water partition coefficient (Wildman–Crippen LogP) is 3.82. The Hall–Kier alpha value is -1.96. The van der Waals surface area contributed by atoms with Crippen molar-refractivity contribution in [3.8, 4) is 0 Å². The van der Waals surface area contributed by atoms with Crippen molar-refractivity contribution in [2.45, 2.75) is 31.8 Å². The molecule has 0 saturated carbocycles. The Kier molecular flexibility index (Phi) is 2.87. The monoisotopic (exact) mass is 264 g/mol. The molecule has 2 aliphatic rings. The van der Waals surface area contributed by atoms with Gasteiger partial charge in [0, 0.05) is 17.9 Å². The third kappa shape index (κ3) is 1.96. The molecule has 0 radical (unpaired) electrons. The molecule has 2 heterocycles.